The van der Waals surface area contributed by atoms with Crippen molar-refractivity contribution < 1.29 is 13.9 Å². The molecule has 1 heterocycles. The molecule has 1 fully saturated rings. The van der Waals surface area contributed by atoms with E-state index in [-0.39, 0.29) is 12.2 Å². The van der Waals surface area contributed by atoms with Crippen LogP contribution >= 0.6 is 0 Å². The third-order valence-electron chi connectivity index (χ3n) is 3.96. The van der Waals surface area contributed by atoms with Gasteiger partial charge in [0.1, 0.15) is 12.2 Å². The van der Waals surface area contributed by atoms with Gasteiger partial charge >= 0.3 is 0 Å². The third-order valence-corrected chi connectivity index (χ3v) is 8.58. The molecule has 0 unspecified atom stereocenters. The Hall–Kier alpha value is -0.343. The summed E-state index contributed by atoms with van der Waals surface area (Å²) in [4.78, 5) is 0. The van der Waals surface area contributed by atoms with E-state index in [0.29, 0.717) is 6.61 Å². The van der Waals surface area contributed by atoms with Crippen LogP contribution in [0.3, 0.4) is 0 Å². The van der Waals surface area contributed by atoms with Gasteiger partial charge in [-0.3, -0.25) is 0 Å². The van der Waals surface area contributed by atoms with Crippen LogP contribution in [0.1, 0.15) is 41.5 Å². The van der Waals surface area contributed by atoms with Crippen LogP contribution in [0.25, 0.3) is 0 Å². The molecular weight excluding hydrogens is 256 g/mol. The van der Waals surface area contributed by atoms with Gasteiger partial charge in [-0.25, -0.2) is 0 Å². The predicted octanol–water partition coefficient (Wildman–Crippen LogP) is 3.55. The molecule has 1 aliphatic rings. The molecule has 0 saturated carbocycles. The van der Waals surface area contributed by atoms with Crippen molar-refractivity contribution in [2.45, 2.75) is 77.7 Å². The molecule has 4 heteroatoms. The highest BCUT2D eigenvalue weighted by molar-refractivity contribution is 6.73. The maximum Gasteiger partial charge on any atom is 0.193 e. The van der Waals surface area contributed by atoms with E-state index in [1.807, 2.05) is 20.8 Å². The Labute approximate surface area is 119 Å². The molecule has 2 atom stereocenters. The Morgan fingerprint density at radius 3 is 2.21 bits per heavy atom. The van der Waals surface area contributed by atoms with E-state index in [9.17, 15) is 0 Å². The topological polar surface area (TPSA) is 27.7 Å². The lowest BCUT2D eigenvalue weighted by Gasteiger charge is -2.33. The highest BCUT2D eigenvalue weighted by Gasteiger charge is 2.41. The third kappa shape index (κ3) is 4.32. The van der Waals surface area contributed by atoms with Gasteiger partial charge in [0.15, 0.2) is 14.1 Å². The summed E-state index contributed by atoms with van der Waals surface area (Å²) in [5.74, 6) is 5.64. The van der Waals surface area contributed by atoms with Gasteiger partial charge in [-0.1, -0.05) is 26.7 Å². The highest BCUT2D eigenvalue weighted by Crippen LogP contribution is 2.29. The first kappa shape index (κ1) is 16.7. The molecule has 0 bridgehead atoms. The van der Waals surface area contributed by atoms with Crippen molar-refractivity contribution in [3.05, 3.63) is 0 Å². The monoisotopic (exact) mass is 284 g/mol. The summed E-state index contributed by atoms with van der Waals surface area (Å²) >= 11 is 0. The molecule has 0 spiro atoms. The SMILES string of the molecule is CC#C[C@H](O[Si](CC)(CC)CC)[C@H]1COC(C)(C)O1. The number of ether oxygens (including phenoxy) is 2. The Kier molecular flexibility index (Phi) is 6.06. The zero-order valence-corrected chi connectivity index (χ0v) is 14.2. The fourth-order valence-corrected chi connectivity index (χ4v) is 5.22. The highest BCUT2D eigenvalue weighted by atomic mass is 28.4. The van der Waals surface area contributed by atoms with Crippen LogP contribution in [0.2, 0.25) is 18.1 Å². The molecule has 0 aromatic rings. The smallest absolute Gasteiger partial charge is 0.193 e. The van der Waals surface area contributed by atoms with E-state index in [1.165, 1.54) is 0 Å². The Morgan fingerprint density at radius 1 is 1.26 bits per heavy atom. The van der Waals surface area contributed by atoms with Crippen molar-refractivity contribution in [3.8, 4) is 11.8 Å². The molecule has 0 aromatic heterocycles. The lowest BCUT2D eigenvalue weighted by atomic mass is 10.2. The Balaban J connectivity index is 2.80. The summed E-state index contributed by atoms with van der Waals surface area (Å²) in [6.45, 7) is 13.0. The number of hydrogen-bond acceptors (Lipinski definition) is 3. The van der Waals surface area contributed by atoms with Crippen molar-refractivity contribution in [2.75, 3.05) is 6.61 Å². The molecule has 0 aromatic carbocycles. The standard InChI is InChI=1S/C15H28O3Si/c1-7-11-13(14-12-16-15(5,6)17-14)18-19(8-2,9-3)10-4/h13-14H,8-10,12H2,1-6H3/t13-,14+/m0/s1. The minimum Gasteiger partial charge on any atom is -0.401 e. The van der Waals surface area contributed by atoms with Crippen LogP contribution in [0.15, 0.2) is 0 Å². The Bertz CT molecular complexity index is 331. The number of rotatable bonds is 6. The van der Waals surface area contributed by atoms with Crippen molar-refractivity contribution in [2.24, 2.45) is 0 Å². The summed E-state index contributed by atoms with van der Waals surface area (Å²) < 4.78 is 18.0. The quantitative estimate of drug-likeness (QED) is 0.551. The molecule has 110 valence electrons. The van der Waals surface area contributed by atoms with Gasteiger partial charge in [-0.15, -0.1) is 5.92 Å². The van der Waals surface area contributed by atoms with Crippen LogP contribution in [-0.2, 0) is 13.9 Å². The summed E-state index contributed by atoms with van der Waals surface area (Å²) in [5, 5.41) is 0. The minimum absolute atomic E-state index is 0.0704. The fraction of sp³-hybridized carbons (Fsp3) is 0.867. The second kappa shape index (κ2) is 6.89. The lowest BCUT2D eigenvalue weighted by Crippen LogP contribution is -2.44. The molecule has 0 N–H and O–H groups in total. The molecule has 0 aliphatic carbocycles. The normalized spacial score (nSPS) is 23.8. The van der Waals surface area contributed by atoms with Gasteiger partial charge in [0.25, 0.3) is 0 Å². The molecule has 1 rings (SSSR count). The second-order valence-corrected chi connectivity index (χ2v) is 10.3. The maximum absolute atomic E-state index is 6.46. The average Bonchev–Trinajstić information content (AvgIpc) is 2.75. The largest absolute Gasteiger partial charge is 0.401 e. The van der Waals surface area contributed by atoms with E-state index in [2.05, 4.69) is 32.6 Å². The molecule has 1 saturated heterocycles. The Morgan fingerprint density at radius 2 is 1.84 bits per heavy atom. The summed E-state index contributed by atoms with van der Waals surface area (Å²) in [5.41, 5.74) is 0. The molecule has 3 nitrogen and oxygen atoms in total. The van der Waals surface area contributed by atoms with Gasteiger partial charge in [-0.05, 0) is 38.9 Å². The molecular formula is C15H28O3Si. The van der Waals surface area contributed by atoms with Crippen LogP contribution in [0, 0.1) is 11.8 Å². The second-order valence-electron chi connectivity index (χ2n) is 5.54. The first-order valence-electron chi connectivity index (χ1n) is 7.33. The zero-order valence-electron chi connectivity index (χ0n) is 13.2. The van der Waals surface area contributed by atoms with Crippen molar-refractivity contribution in [3.63, 3.8) is 0 Å². The molecule has 1 aliphatic heterocycles. The predicted molar refractivity (Wildman–Crippen MR) is 80.4 cm³/mol. The summed E-state index contributed by atoms with van der Waals surface area (Å²) in [6, 6.07) is 3.37. The molecule has 0 radical (unpaired) electrons. The van der Waals surface area contributed by atoms with Gasteiger partial charge in [0.2, 0.25) is 0 Å². The van der Waals surface area contributed by atoms with E-state index < -0.39 is 14.1 Å². The lowest BCUT2D eigenvalue weighted by molar-refractivity contribution is -0.145. The van der Waals surface area contributed by atoms with Gasteiger partial charge in [0.05, 0.1) is 6.61 Å². The van der Waals surface area contributed by atoms with E-state index in [0.717, 1.165) is 18.1 Å². The number of hydrogen-bond donors (Lipinski definition) is 0. The minimum atomic E-state index is -1.67. The van der Waals surface area contributed by atoms with E-state index >= 15 is 0 Å². The van der Waals surface area contributed by atoms with Crippen molar-refractivity contribution >= 4 is 8.32 Å². The first-order valence-corrected chi connectivity index (χ1v) is 9.86. The van der Waals surface area contributed by atoms with Crippen LogP contribution in [0.5, 0.6) is 0 Å². The van der Waals surface area contributed by atoms with Gasteiger partial charge in [-0.2, -0.15) is 0 Å². The van der Waals surface area contributed by atoms with Crippen LogP contribution < -0.4 is 0 Å². The van der Waals surface area contributed by atoms with Crippen LogP contribution in [-0.4, -0.2) is 32.9 Å². The molecule has 0 amide bonds. The van der Waals surface area contributed by atoms with E-state index in [1.54, 1.807) is 0 Å². The van der Waals surface area contributed by atoms with Crippen LogP contribution in [0.4, 0.5) is 0 Å². The van der Waals surface area contributed by atoms with E-state index in [4.69, 9.17) is 13.9 Å². The summed E-state index contributed by atoms with van der Waals surface area (Å²) in [6.07, 6.45) is -0.225. The van der Waals surface area contributed by atoms with Crippen molar-refractivity contribution in [1.82, 2.24) is 0 Å². The first-order chi connectivity index (χ1) is 8.92. The fourth-order valence-electron chi connectivity index (χ4n) is 2.47. The van der Waals surface area contributed by atoms with Gasteiger partial charge < -0.3 is 13.9 Å². The zero-order chi connectivity index (χ0) is 14.5. The molecule has 19 heavy (non-hydrogen) atoms. The summed E-state index contributed by atoms with van der Waals surface area (Å²) in [7, 11) is -1.67. The maximum atomic E-state index is 6.46. The van der Waals surface area contributed by atoms with Gasteiger partial charge in [0, 0.05) is 0 Å². The average molecular weight is 284 g/mol. The van der Waals surface area contributed by atoms with Crippen molar-refractivity contribution in [1.29, 1.82) is 0 Å².